The van der Waals surface area contributed by atoms with Crippen LogP contribution < -0.4 is 4.74 Å². The highest BCUT2D eigenvalue weighted by Crippen LogP contribution is 2.21. The third-order valence-corrected chi connectivity index (χ3v) is 3.61. The summed E-state index contributed by atoms with van der Waals surface area (Å²) in [5.74, 6) is 0.857. The van der Waals surface area contributed by atoms with E-state index in [4.69, 9.17) is 14.2 Å². The van der Waals surface area contributed by atoms with Gasteiger partial charge >= 0.3 is 6.09 Å². The predicted octanol–water partition coefficient (Wildman–Crippen LogP) is 3.61. The molecule has 0 N–H and O–H groups in total. The lowest BCUT2D eigenvalue weighted by Crippen LogP contribution is -2.44. The fraction of sp³-hybridized carbons (Fsp3) is 0.611. The van der Waals surface area contributed by atoms with E-state index in [9.17, 15) is 4.79 Å². The van der Waals surface area contributed by atoms with Gasteiger partial charge in [-0.1, -0.05) is 12.1 Å². The van der Waals surface area contributed by atoms with Crippen LogP contribution in [0.1, 0.15) is 39.2 Å². The second kappa shape index (κ2) is 7.68. The average molecular weight is 321 g/mol. The van der Waals surface area contributed by atoms with E-state index in [1.807, 2.05) is 45.0 Å². The maximum atomic E-state index is 12.0. The highest BCUT2D eigenvalue weighted by atomic mass is 16.6. The number of carbonyl (C=O) groups excluding carboxylic acids is 1. The molecule has 0 aliphatic carbocycles. The molecule has 0 bridgehead atoms. The van der Waals surface area contributed by atoms with Crippen molar-refractivity contribution in [3.63, 3.8) is 0 Å². The van der Waals surface area contributed by atoms with Crippen molar-refractivity contribution in [3.05, 3.63) is 29.8 Å². The van der Waals surface area contributed by atoms with Crippen LogP contribution in [0.2, 0.25) is 0 Å². The molecule has 1 amide bonds. The maximum absolute atomic E-state index is 12.0. The SMILES string of the molecule is COCc1cccc(OC2CCN(C(=O)OC(C)(C)C)CC2)c1. The Morgan fingerprint density at radius 1 is 1.26 bits per heavy atom. The van der Waals surface area contributed by atoms with Crippen molar-refractivity contribution in [2.24, 2.45) is 0 Å². The molecule has 0 aromatic heterocycles. The first-order valence-corrected chi connectivity index (χ1v) is 8.10. The van der Waals surface area contributed by atoms with Gasteiger partial charge < -0.3 is 19.1 Å². The summed E-state index contributed by atoms with van der Waals surface area (Å²) < 4.78 is 16.6. The minimum atomic E-state index is -0.452. The number of nitrogens with zero attached hydrogens (tertiary/aromatic N) is 1. The van der Waals surface area contributed by atoms with Crippen molar-refractivity contribution < 1.29 is 19.0 Å². The van der Waals surface area contributed by atoms with Crippen LogP contribution in [0.5, 0.6) is 5.75 Å². The summed E-state index contributed by atoms with van der Waals surface area (Å²) in [7, 11) is 1.68. The molecule has 0 unspecified atom stereocenters. The van der Waals surface area contributed by atoms with E-state index < -0.39 is 5.60 Å². The first kappa shape index (κ1) is 17.6. The minimum absolute atomic E-state index is 0.131. The number of rotatable bonds is 4. The van der Waals surface area contributed by atoms with E-state index in [0.717, 1.165) is 24.2 Å². The van der Waals surface area contributed by atoms with Gasteiger partial charge in [-0.15, -0.1) is 0 Å². The fourth-order valence-corrected chi connectivity index (χ4v) is 2.55. The Balaban J connectivity index is 1.83. The second-order valence-electron chi connectivity index (χ2n) is 6.87. The van der Waals surface area contributed by atoms with Gasteiger partial charge in [-0.2, -0.15) is 0 Å². The number of hydrogen-bond donors (Lipinski definition) is 0. The second-order valence-corrected chi connectivity index (χ2v) is 6.87. The van der Waals surface area contributed by atoms with E-state index >= 15 is 0 Å². The predicted molar refractivity (Wildman–Crippen MR) is 88.6 cm³/mol. The molecule has 1 aliphatic rings. The van der Waals surface area contributed by atoms with Crippen molar-refractivity contribution >= 4 is 6.09 Å². The van der Waals surface area contributed by atoms with Crippen molar-refractivity contribution in [1.29, 1.82) is 0 Å². The van der Waals surface area contributed by atoms with Gasteiger partial charge in [0.2, 0.25) is 0 Å². The summed E-state index contributed by atoms with van der Waals surface area (Å²) in [4.78, 5) is 13.8. The monoisotopic (exact) mass is 321 g/mol. The number of likely N-dealkylation sites (tertiary alicyclic amines) is 1. The zero-order chi connectivity index (χ0) is 16.9. The summed E-state index contributed by atoms with van der Waals surface area (Å²) in [5.41, 5.74) is 0.642. The van der Waals surface area contributed by atoms with Crippen LogP contribution in [0, 0.1) is 0 Å². The summed E-state index contributed by atoms with van der Waals surface area (Å²) in [6.07, 6.45) is 1.52. The number of methoxy groups -OCH3 is 1. The number of benzene rings is 1. The van der Waals surface area contributed by atoms with Gasteiger partial charge in [0.05, 0.1) is 6.61 Å². The van der Waals surface area contributed by atoms with Gasteiger partial charge in [-0.25, -0.2) is 4.79 Å². The summed E-state index contributed by atoms with van der Waals surface area (Å²) in [6.45, 7) is 7.55. The number of amides is 1. The van der Waals surface area contributed by atoms with Crippen LogP contribution in [-0.2, 0) is 16.1 Å². The highest BCUT2D eigenvalue weighted by Gasteiger charge is 2.27. The molecule has 5 heteroatoms. The summed E-state index contributed by atoms with van der Waals surface area (Å²) >= 11 is 0. The normalized spacial score (nSPS) is 16.3. The lowest BCUT2D eigenvalue weighted by atomic mass is 10.1. The summed E-state index contributed by atoms with van der Waals surface area (Å²) in [6, 6.07) is 7.95. The molecule has 1 aliphatic heterocycles. The maximum Gasteiger partial charge on any atom is 0.410 e. The Morgan fingerprint density at radius 3 is 2.57 bits per heavy atom. The zero-order valence-electron chi connectivity index (χ0n) is 14.5. The standard InChI is InChI=1S/C18H27NO4/c1-18(2,3)23-17(20)19-10-8-15(9-11-19)22-16-7-5-6-14(12-16)13-21-4/h5-7,12,15H,8-11,13H2,1-4H3. The number of ether oxygens (including phenoxy) is 3. The highest BCUT2D eigenvalue weighted by molar-refractivity contribution is 5.68. The topological polar surface area (TPSA) is 48.0 Å². The van der Waals surface area contributed by atoms with E-state index in [2.05, 4.69) is 0 Å². The molecule has 1 aromatic rings. The van der Waals surface area contributed by atoms with Gasteiger partial charge in [0, 0.05) is 33.0 Å². The van der Waals surface area contributed by atoms with Crippen LogP contribution in [0.15, 0.2) is 24.3 Å². The Labute approximate surface area is 138 Å². The zero-order valence-corrected chi connectivity index (χ0v) is 14.5. The van der Waals surface area contributed by atoms with Crippen LogP contribution in [0.4, 0.5) is 4.79 Å². The Hall–Kier alpha value is -1.75. The molecule has 1 fully saturated rings. The van der Waals surface area contributed by atoms with Crippen molar-refractivity contribution in [2.45, 2.75) is 51.9 Å². The third kappa shape index (κ3) is 5.75. The van der Waals surface area contributed by atoms with E-state index in [0.29, 0.717) is 19.7 Å². The van der Waals surface area contributed by atoms with Gasteiger partial charge in [0.15, 0.2) is 0 Å². The lowest BCUT2D eigenvalue weighted by molar-refractivity contribution is 0.0126. The van der Waals surface area contributed by atoms with Crippen LogP contribution in [0.25, 0.3) is 0 Å². The molecule has 1 heterocycles. The van der Waals surface area contributed by atoms with E-state index in [-0.39, 0.29) is 12.2 Å². The van der Waals surface area contributed by atoms with Crippen LogP contribution in [0.3, 0.4) is 0 Å². The lowest BCUT2D eigenvalue weighted by Gasteiger charge is -2.33. The molecular formula is C18H27NO4. The van der Waals surface area contributed by atoms with Crippen molar-refractivity contribution in [3.8, 4) is 5.75 Å². The number of hydrogen-bond acceptors (Lipinski definition) is 4. The smallest absolute Gasteiger partial charge is 0.410 e. The molecule has 0 atom stereocenters. The summed E-state index contributed by atoms with van der Waals surface area (Å²) in [5, 5.41) is 0. The minimum Gasteiger partial charge on any atom is -0.490 e. The van der Waals surface area contributed by atoms with E-state index in [1.54, 1.807) is 12.0 Å². The molecule has 0 saturated carbocycles. The molecule has 5 nitrogen and oxygen atoms in total. The van der Waals surface area contributed by atoms with Crippen molar-refractivity contribution in [2.75, 3.05) is 20.2 Å². The molecule has 2 rings (SSSR count). The molecular weight excluding hydrogens is 294 g/mol. The molecule has 0 spiro atoms. The van der Waals surface area contributed by atoms with E-state index in [1.165, 1.54) is 0 Å². The third-order valence-electron chi connectivity index (χ3n) is 3.61. The first-order valence-electron chi connectivity index (χ1n) is 8.10. The molecule has 0 radical (unpaired) electrons. The Kier molecular flexibility index (Phi) is 5.88. The van der Waals surface area contributed by atoms with Gasteiger partial charge in [0.25, 0.3) is 0 Å². The quantitative estimate of drug-likeness (QED) is 0.850. The Bertz CT molecular complexity index is 516. The molecule has 1 aromatic carbocycles. The van der Waals surface area contributed by atoms with Gasteiger partial charge in [-0.3, -0.25) is 0 Å². The first-order chi connectivity index (χ1) is 10.9. The number of piperidine rings is 1. The molecule has 128 valence electrons. The fourth-order valence-electron chi connectivity index (χ4n) is 2.55. The largest absolute Gasteiger partial charge is 0.490 e. The van der Waals surface area contributed by atoms with Gasteiger partial charge in [0.1, 0.15) is 17.5 Å². The van der Waals surface area contributed by atoms with Crippen LogP contribution >= 0.6 is 0 Å². The van der Waals surface area contributed by atoms with Gasteiger partial charge in [-0.05, 0) is 38.5 Å². The van der Waals surface area contributed by atoms with Crippen molar-refractivity contribution in [1.82, 2.24) is 4.90 Å². The van der Waals surface area contributed by atoms with Crippen LogP contribution in [-0.4, -0.2) is 42.9 Å². The molecule has 1 saturated heterocycles. The molecule has 23 heavy (non-hydrogen) atoms. The average Bonchev–Trinajstić information content (AvgIpc) is 2.47. The number of carbonyl (C=O) groups is 1. The Morgan fingerprint density at radius 2 is 1.96 bits per heavy atom.